The molecule has 0 saturated heterocycles. The summed E-state index contributed by atoms with van der Waals surface area (Å²) in [5.41, 5.74) is 7.34. The van der Waals surface area contributed by atoms with E-state index in [0.717, 1.165) is 16.7 Å². The largest absolute Gasteiger partial charge is 0.325 e. The Morgan fingerprint density at radius 2 is 1.65 bits per heavy atom. The number of anilines is 1. The third kappa shape index (κ3) is 5.70. The van der Waals surface area contributed by atoms with E-state index in [-0.39, 0.29) is 24.7 Å². The maximum absolute atomic E-state index is 11.9. The van der Waals surface area contributed by atoms with E-state index in [2.05, 4.69) is 28.0 Å². The Hall–Kier alpha value is -2.66. The summed E-state index contributed by atoms with van der Waals surface area (Å²) in [6, 6.07) is 11.1. The van der Waals surface area contributed by atoms with E-state index >= 15 is 0 Å². The Morgan fingerprint density at radius 3 is 2.31 bits per heavy atom. The highest BCUT2D eigenvalue weighted by molar-refractivity contribution is 6.33. The summed E-state index contributed by atoms with van der Waals surface area (Å²) in [6.45, 7) is 6.04. The van der Waals surface area contributed by atoms with E-state index in [1.165, 1.54) is 5.56 Å². The number of carbonyl (C=O) groups is 2. The van der Waals surface area contributed by atoms with E-state index in [9.17, 15) is 9.59 Å². The predicted octanol–water partition coefficient (Wildman–Crippen LogP) is 4.13. The van der Waals surface area contributed by atoms with Crippen LogP contribution in [0.1, 0.15) is 35.1 Å². The number of amides is 2. The summed E-state index contributed by atoms with van der Waals surface area (Å²) in [5.74, 6) is -0.597. The zero-order chi connectivity index (χ0) is 19.1. The van der Waals surface area contributed by atoms with E-state index in [1.807, 2.05) is 20.8 Å². The van der Waals surface area contributed by atoms with Crippen molar-refractivity contribution in [1.29, 1.82) is 0 Å². The molecule has 0 fully saturated rings. The number of nitrogens with zero attached hydrogens (tertiary/aromatic N) is 1. The molecule has 0 saturated carbocycles. The molecule has 0 bridgehead atoms. The van der Waals surface area contributed by atoms with Gasteiger partial charge >= 0.3 is 0 Å². The summed E-state index contributed by atoms with van der Waals surface area (Å²) >= 11 is 5.98. The molecule has 2 aromatic carbocycles. The van der Waals surface area contributed by atoms with Crippen molar-refractivity contribution < 1.29 is 9.59 Å². The number of halogens is 1. The number of aryl methyl sites for hydroxylation is 3. The van der Waals surface area contributed by atoms with Gasteiger partial charge in [0.1, 0.15) is 0 Å². The lowest BCUT2D eigenvalue weighted by Gasteiger charge is -2.07. The van der Waals surface area contributed by atoms with Gasteiger partial charge < -0.3 is 5.32 Å². The zero-order valence-corrected chi connectivity index (χ0v) is 15.9. The van der Waals surface area contributed by atoms with Crippen LogP contribution in [-0.4, -0.2) is 18.0 Å². The minimum Gasteiger partial charge on any atom is -0.325 e. The van der Waals surface area contributed by atoms with Gasteiger partial charge in [0.25, 0.3) is 0 Å². The molecule has 0 aliphatic carbocycles. The fraction of sp³-hybridized carbons (Fsp3) is 0.250. The molecule has 0 spiro atoms. The average Bonchev–Trinajstić information content (AvgIpc) is 2.57. The van der Waals surface area contributed by atoms with Crippen LogP contribution in [0.2, 0.25) is 5.02 Å². The first-order chi connectivity index (χ1) is 12.4. The number of nitrogens with one attached hydrogen (secondary N) is 2. The lowest BCUT2D eigenvalue weighted by Crippen LogP contribution is -2.20. The lowest BCUT2D eigenvalue weighted by molar-refractivity contribution is -0.124. The third-order valence-corrected chi connectivity index (χ3v) is 4.18. The zero-order valence-electron chi connectivity index (χ0n) is 15.1. The molecular formula is C20H22ClN3O2. The van der Waals surface area contributed by atoms with Crippen LogP contribution >= 0.6 is 11.6 Å². The van der Waals surface area contributed by atoms with Gasteiger partial charge in [0.05, 0.1) is 16.9 Å². The summed E-state index contributed by atoms with van der Waals surface area (Å²) < 4.78 is 0. The van der Waals surface area contributed by atoms with Crippen molar-refractivity contribution in [3.63, 3.8) is 0 Å². The third-order valence-electron chi connectivity index (χ3n) is 3.85. The van der Waals surface area contributed by atoms with Crippen LogP contribution < -0.4 is 10.7 Å². The van der Waals surface area contributed by atoms with Gasteiger partial charge in [-0.2, -0.15) is 5.10 Å². The van der Waals surface area contributed by atoms with Crippen LogP contribution in [0.5, 0.6) is 0 Å². The fourth-order valence-electron chi connectivity index (χ4n) is 2.62. The monoisotopic (exact) mass is 371 g/mol. The first-order valence-electron chi connectivity index (χ1n) is 8.31. The Balaban J connectivity index is 1.82. The van der Waals surface area contributed by atoms with Crippen molar-refractivity contribution in [3.8, 4) is 0 Å². The maximum atomic E-state index is 11.9. The lowest BCUT2D eigenvalue weighted by atomic mass is 10.0. The predicted molar refractivity (Wildman–Crippen MR) is 106 cm³/mol. The highest BCUT2D eigenvalue weighted by Crippen LogP contribution is 2.20. The van der Waals surface area contributed by atoms with Gasteiger partial charge in [-0.3, -0.25) is 9.59 Å². The normalized spacial score (nSPS) is 10.8. The van der Waals surface area contributed by atoms with E-state index in [4.69, 9.17) is 11.6 Å². The first kappa shape index (κ1) is 19.7. The molecule has 26 heavy (non-hydrogen) atoms. The molecule has 2 aromatic rings. The van der Waals surface area contributed by atoms with Crippen LogP contribution in [0.15, 0.2) is 41.5 Å². The second kappa shape index (κ2) is 9.15. The Kier molecular flexibility index (Phi) is 6.92. The smallest absolute Gasteiger partial charge is 0.240 e. The number of hydrazone groups is 1. The van der Waals surface area contributed by atoms with E-state index in [0.29, 0.717) is 10.7 Å². The molecule has 0 heterocycles. The number of rotatable bonds is 6. The summed E-state index contributed by atoms with van der Waals surface area (Å²) in [4.78, 5) is 23.7. The Morgan fingerprint density at radius 1 is 1.04 bits per heavy atom. The van der Waals surface area contributed by atoms with Gasteiger partial charge in [0, 0.05) is 18.4 Å². The van der Waals surface area contributed by atoms with Gasteiger partial charge in [-0.15, -0.1) is 0 Å². The molecule has 5 nitrogen and oxygen atoms in total. The van der Waals surface area contributed by atoms with E-state index in [1.54, 1.807) is 30.5 Å². The molecule has 0 aliphatic heterocycles. The van der Waals surface area contributed by atoms with Crippen LogP contribution in [-0.2, 0) is 9.59 Å². The van der Waals surface area contributed by atoms with Crippen LogP contribution in [0.25, 0.3) is 0 Å². The summed E-state index contributed by atoms with van der Waals surface area (Å²) in [5, 5.41) is 7.13. The molecule has 0 aromatic heterocycles. The fourth-order valence-corrected chi connectivity index (χ4v) is 2.80. The van der Waals surface area contributed by atoms with Crippen LogP contribution in [0.4, 0.5) is 5.69 Å². The van der Waals surface area contributed by atoms with Gasteiger partial charge in [-0.1, -0.05) is 41.4 Å². The standard InChI is InChI=1S/C20H22ClN3O2/c1-13-10-14(2)16(15(3)11-13)12-22-24-20(26)9-8-19(25)23-18-7-5-4-6-17(18)21/h4-7,10-12H,8-9H2,1-3H3,(H,23,25)(H,24,26)/b22-12+. The van der Waals surface area contributed by atoms with Crippen molar-refractivity contribution in [2.24, 2.45) is 5.10 Å². The molecule has 2 amide bonds. The number of para-hydroxylation sites is 1. The molecule has 6 heteroatoms. The van der Waals surface area contributed by atoms with Crippen molar-refractivity contribution in [2.45, 2.75) is 33.6 Å². The molecule has 136 valence electrons. The van der Waals surface area contributed by atoms with Crippen molar-refractivity contribution >= 4 is 35.3 Å². The van der Waals surface area contributed by atoms with Gasteiger partial charge in [-0.05, 0) is 44.0 Å². The van der Waals surface area contributed by atoms with Crippen LogP contribution in [0.3, 0.4) is 0 Å². The Labute approximate surface area is 158 Å². The molecule has 0 unspecified atom stereocenters. The first-order valence-corrected chi connectivity index (χ1v) is 8.68. The number of benzene rings is 2. The molecule has 0 atom stereocenters. The highest BCUT2D eigenvalue weighted by Gasteiger charge is 2.08. The molecule has 2 rings (SSSR count). The highest BCUT2D eigenvalue weighted by atomic mass is 35.5. The number of hydrogen-bond donors (Lipinski definition) is 2. The molecular weight excluding hydrogens is 350 g/mol. The van der Waals surface area contributed by atoms with Gasteiger partial charge in [0.2, 0.25) is 11.8 Å². The van der Waals surface area contributed by atoms with Crippen LogP contribution in [0, 0.1) is 20.8 Å². The second-order valence-electron chi connectivity index (χ2n) is 6.13. The minimum atomic E-state index is -0.321. The minimum absolute atomic E-state index is 0.0412. The molecule has 0 aliphatic rings. The topological polar surface area (TPSA) is 70.6 Å². The average molecular weight is 372 g/mol. The Bertz CT molecular complexity index is 824. The van der Waals surface area contributed by atoms with Crippen molar-refractivity contribution in [2.75, 3.05) is 5.32 Å². The summed E-state index contributed by atoms with van der Waals surface area (Å²) in [6.07, 6.45) is 1.72. The van der Waals surface area contributed by atoms with Gasteiger partial charge in [-0.25, -0.2) is 5.43 Å². The van der Waals surface area contributed by atoms with Gasteiger partial charge in [0.15, 0.2) is 0 Å². The molecule has 2 N–H and O–H groups in total. The number of carbonyl (C=O) groups excluding carboxylic acids is 2. The quantitative estimate of drug-likeness (QED) is 0.592. The maximum Gasteiger partial charge on any atom is 0.240 e. The van der Waals surface area contributed by atoms with Crippen molar-refractivity contribution in [1.82, 2.24) is 5.43 Å². The van der Waals surface area contributed by atoms with E-state index < -0.39 is 0 Å². The molecule has 0 radical (unpaired) electrons. The number of hydrogen-bond acceptors (Lipinski definition) is 3. The van der Waals surface area contributed by atoms with Crippen molar-refractivity contribution in [3.05, 3.63) is 63.7 Å². The SMILES string of the molecule is Cc1cc(C)c(/C=N/NC(=O)CCC(=O)Nc2ccccc2Cl)c(C)c1. The second-order valence-corrected chi connectivity index (χ2v) is 6.54. The summed E-state index contributed by atoms with van der Waals surface area (Å²) in [7, 11) is 0.